The Balaban J connectivity index is 2.91. The first kappa shape index (κ1) is 10.6. The third-order valence-corrected chi connectivity index (χ3v) is 1.98. The normalized spacial score (nSPS) is 9.21. The predicted octanol–water partition coefficient (Wildman–Crippen LogP) is 1.44. The smallest absolute Gasteiger partial charge is 0.256 e. The van der Waals surface area contributed by atoms with Crippen molar-refractivity contribution in [1.82, 2.24) is 9.88 Å². The summed E-state index contributed by atoms with van der Waals surface area (Å²) >= 11 is 5.80. The van der Waals surface area contributed by atoms with Crippen molar-refractivity contribution in [3.63, 3.8) is 0 Å². The van der Waals surface area contributed by atoms with Crippen LogP contribution in [0.2, 0.25) is 5.02 Å². The number of carbonyl (C=O) groups excluding carboxylic acids is 1. The summed E-state index contributed by atoms with van der Waals surface area (Å²) in [5.41, 5.74) is 0.416. The molecule has 0 fully saturated rings. The zero-order valence-corrected chi connectivity index (χ0v) is 8.45. The molecule has 1 amide bonds. The highest BCUT2D eigenvalue weighted by Crippen LogP contribution is 2.14. The summed E-state index contributed by atoms with van der Waals surface area (Å²) in [5, 5.41) is 0.335. The minimum Gasteiger partial charge on any atom is -0.331 e. The molecule has 0 aliphatic carbocycles. The van der Waals surface area contributed by atoms with Crippen LogP contribution in [-0.4, -0.2) is 29.4 Å². The van der Waals surface area contributed by atoms with Crippen LogP contribution < -0.4 is 0 Å². The van der Waals surface area contributed by atoms with Crippen LogP contribution in [0.25, 0.3) is 0 Å². The molecular weight excluding hydrogens is 200 g/mol. The van der Waals surface area contributed by atoms with E-state index in [4.69, 9.17) is 18.0 Å². The Morgan fingerprint density at radius 3 is 3.07 bits per heavy atom. The summed E-state index contributed by atoms with van der Waals surface area (Å²) in [5.74, 6) is 2.19. The second kappa shape index (κ2) is 4.64. The van der Waals surface area contributed by atoms with Gasteiger partial charge in [-0.2, -0.15) is 0 Å². The van der Waals surface area contributed by atoms with Crippen molar-refractivity contribution >= 4 is 17.5 Å². The van der Waals surface area contributed by atoms with Crippen LogP contribution in [0.3, 0.4) is 0 Å². The molecule has 0 aliphatic heterocycles. The Hall–Kier alpha value is -1.53. The molecule has 0 bridgehead atoms. The SMILES string of the molecule is C#CCN(C)C(=O)c1ccncc1Cl. The number of nitrogens with zero attached hydrogens (tertiary/aromatic N) is 2. The molecule has 14 heavy (non-hydrogen) atoms. The van der Waals surface area contributed by atoms with Crippen molar-refractivity contribution in [2.45, 2.75) is 0 Å². The molecule has 1 heterocycles. The Morgan fingerprint density at radius 1 is 1.79 bits per heavy atom. The van der Waals surface area contributed by atoms with E-state index in [9.17, 15) is 4.79 Å². The Morgan fingerprint density at radius 2 is 2.50 bits per heavy atom. The minimum atomic E-state index is -0.199. The third-order valence-electron chi connectivity index (χ3n) is 1.68. The molecule has 0 atom stereocenters. The highest BCUT2D eigenvalue weighted by Gasteiger charge is 2.13. The largest absolute Gasteiger partial charge is 0.331 e. The number of carbonyl (C=O) groups is 1. The first-order valence-corrected chi connectivity index (χ1v) is 4.33. The molecule has 1 rings (SSSR count). The van der Waals surface area contributed by atoms with Crippen molar-refractivity contribution < 1.29 is 4.79 Å². The molecule has 0 saturated heterocycles. The van der Waals surface area contributed by atoms with Crippen LogP contribution in [0.4, 0.5) is 0 Å². The zero-order chi connectivity index (χ0) is 10.6. The summed E-state index contributed by atoms with van der Waals surface area (Å²) < 4.78 is 0. The van der Waals surface area contributed by atoms with Crippen LogP contribution in [0, 0.1) is 12.3 Å². The fraction of sp³-hybridized carbons (Fsp3) is 0.200. The number of amides is 1. The van der Waals surface area contributed by atoms with Gasteiger partial charge in [0.2, 0.25) is 0 Å². The van der Waals surface area contributed by atoms with Crippen molar-refractivity contribution in [2.75, 3.05) is 13.6 Å². The average molecular weight is 209 g/mol. The van der Waals surface area contributed by atoms with Crippen LogP contribution in [0.15, 0.2) is 18.5 Å². The summed E-state index contributed by atoms with van der Waals surface area (Å²) in [6, 6.07) is 1.57. The zero-order valence-electron chi connectivity index (χ0n) is 7.70. The fourth-order valence-corrected chi connectivity index (χ4v) is 1.16. The van der Waals surface area contributed by atoms with E-state index in [1.54, 1.807) is 13.1 Å². The number of aromatic nitrogens is 1. The highest BCUT2D eigenvalue weighted by molar-refractivity contribution is 6.33. The lowest BCUT2D eigenvalue weighted by Gasteiger charge is -2.14. The quantitative estimate of drug-likeness (QED) is 0.690. The van der Waals surface area contributed by atoms with Crippen molar-refractivity contribution in [2.24, 2.45) is 0 Å². The number of rotatable bonds is 2. The van der Waals surface area contributed by atoms with Gasteiger partial charge in [0, 0.05) is 19.4 Å². The van der Waals surface area contributed by atoms with E-state index in [0.29, 0.717) is 10.6 Å². The number of hydrogen-bond donors (Lipinski definition) is 0. The topological polar surface area (TPSA) is 33.2 Å². The van der Waals surface area contributed by atoms with E-state index in [2.05, 4.69) is 10.9 Å². The molecule has 1 aromatic rings. The Kier molecular flexibility index (Phi) is 3.49. The van der Waals surface area contributed by atoms with E-state index in [1.165, 1.54) is 17.3 Å². The molecule has 0 unspecified atom stereocenters. The van der Waals surface area contributed by atoms with Gasteiger partial charge in [-0.05, 0) is 6.07 Å². The van der Waals surface area contributed by atoms with Gasteiger partial charge >= 0.3 is 0 Å². The number of pyridine rings is 1. The molecule has 0 N–H and O–H groups in total. The predicted molar refractivity (Wildman–Crippen MR) is 55.0 cm³/mol. The Bertz CT molecular complexity index is 384. The van der Waals surface area contributed by atoms with Crippen molar-refractivity contribution in [3.05, 3.63) is 29.0 Å². The number of terminal acetylenes is 1. The van der Waals surface area contributed by atoms with Crippen molar-refractivity contribution in [3.8, 4) is 12.3 Å². The van der Waals surface area contributed by atoms with E-state index in [-0.39, 0.29) is 12.5 Å². The van der Waals surface area contributed by atoms with Crippen LogP contribution in [0.1, 0.15) is 10.4 Å². The van der Waals surface area contributed by atoms with Gasteiger partial charge in [0.05, 0.1) is 17.1 Å². The number of hydrogen-bond acceptors (Lipinski definition) is 2. The van der Waals surface area contributed by atoms with Crippen LogP contribution in [0.5, 0.6) is 0 Å². The molecule has 0 saturated carbocycles. The van der Waals surface area contributed by atoms with Gasteiger partial charge in [-0.1, -0.05) is 17.5 Å². The lowest BCUT2D eigenvalue weighted by atomic mass is 10.2. The average Bonchev–Trinajstić information content (AvgIpc) is 2.18. The van der Waals surface area contributed by atoms with E-state index >= 15 is 0 Å². The lowest BCUT2D eigenvalue weighted by Crippen LogP contribution is -2.27. The Labute approximate surface area is 87.7 Å². The van der Waals surface area contributed by atoms with Gasteiger partial charge in [-0.3, -0.25) is 9.78 Å². The molecule has 0 aromatic carbocycles. The van der Waals surface area contributed by atoms with Gasteiger partial charge < -0.3 is 4.90 Å². The second-order valence-electron chi connectivity index (χ2n) is 2.72. The molecular formula is C10H9ClN2O. The standard InChI is InChI=1S/C10H9ClN2O/c1-3-6-13(2)10(14)8-4-5-12-7-9(8)11/h1,4-5,7H,6H2,2H3. The van der Waals surface area contributed by atoms with E-state index in [0.717, 1.165) is 0 Å². The maximum absolute atomic E-state index is 11.7. The maximum Gasteiger partial charge on any atom is 0.256 e. The van der Waals surface area contributed by atoms with Crippen LogP contribution >= 0.6 is 11.6 Å². The van der Waals surface area contributed by atoms with Gasteiger partial charge in [0.25, 0.3) is 5.91 Å². The maximum atomic E-state index is 11.7. The van der Waals surface area contributed by atoms with E-state index in [1.807, 2.05) is 0 Å². The van der Waals surface area contributed by atoms with E-state index < -0.39 is 0 Å². The monoisotopic (exact) mass is 208 g/mol. The molecule has 0 radical (unpaired) electrons. The minimum absolute atomic E-state index is 0.199. The third kappa shape index (κ3) is 2.24. The van der Waals surface area contributed by atoms with Gasteiger partial charge in [0.1, 0.15) is 0 Å². The molecule has 1 aromatic heterocycles. The lowest BCUT2D eigenvalue weighted by molar-refractivity contribution is 0.0812. The fourth-order valence-electron chi connectivity index (χ4n) is 0.963. The van der Waals surface area contributed by atoms with Gasteiger partial charge in [-0.15, -0.1) is 6.42 Å². The summed E-state index contributed by atoms with van der Waals surface area (Å²) in [6.07, 6.45) is 8.04. The molecule has 3 nitrogen and oxygen atoms in total. The number of halogens is 1. The van der Waals surface area contributed by atoms with Gasteiger partial charge in [0.15, 0.2) is 0 Å². The first-order chi connectivity index (χ1) is 6.66. The van der Waals surface area contributed by atoms with Gasteiger partial charge in [-0.25, -0.2) is 0 Å². The summed E-state index contributed by atoms with van der Waals surface area (Å²) in [7, 11) is 1.62. The first-order valence-electron chi connectivity index (χ1n) is 3.95. The molecule has 0 spiro atoms. The molecule has 0 aliphatic rings. The van der Waals surface area contributed by atoms with Crippen molar-refractivity contribution in [1.29, 1.82) is 0 Å². The highest BCUT2D eigenvalue weighted by atomic mass is 35.5. The second-order valence-corrected chi connectivity index (χ2v) is 3.13. The molecule has 4 heteroatoms. The summed E-state index contributed by atoms with van der Waals surface area (Å²) in [6.45, 7) is 0.261. The molecule has 72 valence electrons. The summed E-state index contributed by atoms with van der Waals surface area (Å²) in [4.78, 5) is 16.9. The van der Waals surface area contributed by atoms with Crippen LogP contribution in [-0.2, 0) is 0 Å².